The average molecular weight is 154 g/mol. The summed E-state index contributed by atoms with van der Waals surface area (Å²) in [7, 11) is 0. The SMILES string of the molecule is C=S.C=S.OCCO. The van der Waals surface area contributed by atoms with Crippen molar-refractivity contribution >= 4 is 36.2 Å². The Bertz CT molecular complexity index is 24.0. The molecule has 0 radical (unpaired) electrons. The first-order valence-electron chi connectivity index (χ1n) is 1.71. The molecule has 0 atom stereocenters. The van der Waals surface area contributed by atoms with E-state index in [0.717, 1.165) is 0 Å². The Hall–Kier alpha value is 0.100. The molecule has 2 N–H and O–H groups in total. The van der Waals surface area contributed by atoms with Gasteiger partial charge in [0, 0.05) is 0 Å². The molecule has 0 saturated heterocycles. The standard InChI is InChI=1S/C2H6O2.2CH2S/c3-1-2-4;2*1-2/h3-4H,1-2H2;2*1H2. The fraction of sp³-hybridized carbons (Fsp3) is 0.500. The van der Waals surface area contributed by atoms with Gasteiger partial charge in [0.05, 0.1) is 13.2 Å². The van der Waals surface area contributed by atoms with Gasteiger partial charge in [-0.3, -0.25) is 0 Å². The van der Waals surface area contributed by atoms with Gasteiger partial charge >= 0.3 is 0 Å². The van der Waals surface area contributed by atoms with Crippen LogP contribution in [0.15, 0.2) is 0 Å². The highest BCUT2D eigenvalue weighted by molar-refractivity contribution is 7.77. The fourth-order valence-electron chi connectivity index (χ4n) is 0. The molecule has 0 heterocycles. The lowest BCUT2D eigenvalue weighted by Crippen LogP contribution is -1.85. The highest BCUT2D eigenvalue weighted by atomic mass is 32.1. The average Bonchev–Trinajstić information content (AvgIpc) is 1.96. The van der Waals surface area contributed by atoms with E-state index in [2.05, 4.69) is 36.2 Å². The van der Waals surface area contributed by atoms with E-state index in [4.69, 9.17) is 10.2 Å². The first-order chi connectivity index (χ1) is 3.91. The van der Waals surface area contributed by atoms with Crippen molar-refractivity contribution in [3.05, 3.63) is 0 Å². The minimum atomic E-state index is -0.125. The highest BCUT2D eigenvalue weighted by Gasteiger charge is 1.58. The van der Waals surface area contributed by atoms with Gasteiger partial charge in [0.2, 0.25) is 0 Å². The second kappa shape index (κ2) is 59.9. The molecule has 0 rings (SSSR count). The lowest BCUT2D eigenvalue weighted by Gasteiger charge is -1.70. The first-order valence-corrected chi connectivity index (χ1v) is 2.86. The van der Waals surface area contributed by atoms with E-state index in [-0.39, 0.29) is 13.2 Å². The first kappa shape index (κ1) is 15.7. The van der Waals surface area contributed by atoms with Gasteiger partial charge in [-0.05, 0) is 11.7 Å². The van der Waals surface area contributed by atoms with Crippen molar-refractivity contribution in [2.45, 2.75) is 0 Å². The number of aliphatic hydroxyl groups is 2. The Kier molecular flexibility index (Phi) is 118. The van der Waals surface area contributed by atoms with Crippen LogP contribution in [0.5, 0.6) is 0 Å². The van der Waals surface area contributed by atoms with Crippen LogP contribution in [0.25, 0.3) is 0 Å². The molecule has 0 saturated carbocycles. The van der Waals surface area contributed by atoms with Gasteiger partial charge in [-0.15, -0.1) is 0 Å². The lowest BCUT2D eigenvalue weighted by atomic mass is 10.8. The van der Waals surface area contributed by atoms with E-state index in [1.54, 1.807) is 0 Å². The lowest BCUT2D eigenvalue weighted by molar-refractivity contribution is 0.186. The van der Waals surface area contributed by atoms with E-state index < -0.39 is 0 Å². The Morgan fingerprint density at radius 3 is 1.00 bits per heavy atom. The van der Waals surface area contributed by atoms with Gasteiger partial charge in [0.15, 0.2) is 0 Å². The molecular formula is C4H10O2S2. The third-order valence-corrected chi connectivity index (χ3v) is 0.1000. The summed E-state index contributed by atoms with van der Waals surface area (Å²) >= 11 is 7.67. The quantitative estimate of drug-likeness (QED) is 0.529. The Morgan fingerprint density at radius 1 is 0.875 bits per heavy atom. The van der Waals surface area contributed by atoms with E-state index in [0.29, 0.717) is 0 Å². The highest BCUT2D eigenvalue weighted by Crippen LogP contribution is 1.39. The third kappa shape index (κ3) is 131. The molecule has 2 nitrogen and oxygen atoms in total. The van der Waals surface area contributed by atoms with E-state index in [1.165, 1.54) is 0 Å². The van der Waals surface area contributed by atoms with Gasteiger partial charge in [-0.25, -0.2) is 0 Å². The van der Waals surface area contributed by atoms with Gasteiger partial charge in [-0.2, -0.15) is 0 Å². The Morgan fingerprint density at radius 2 is 1.00 bits per heavy atom. The fourth-order valence-corrected chi connectivity index (χ4v) is 0. The Balaban J connectivity index is -0.0000000542. The zero-order valence-corrected chi connectivity index (χ0v) is 6.17. The zero-order chi connectivity index (χ0) is 7.41. The van der Waals surface area contributed by atoms with Crippen molar-refractivity contribution in [3.8, 4) is 0 Å². The molecule has 0 fully saturated rings. The van der Waals surface area contributed by atoms with Crippen LogP contribution in [-0.4, -0.2) is 35.2 Å². The molecule has 0 amide bonds. The van der Waals surface area contributed by atoms with Crippen LogP contribution >= 0.6 is 24.4 Å². The van der Waals surface area contributed by atoms with Crippen LogP contribution < -0.4 is 0 Å². The van der Waals surface area contributed by atoms with Crippen LogP contribution in [0.4, 0.5) is 0 Å². The minimum absolute atomic E-state index is 0.125. The van der Waals surface area contributed by atoms with Crippen molar-refractivity contribution in [1.82, 2.24) is 0 Å². The molecular weight excluding hydrogens is 144 g/mol. The van der Waals surface area contributed by atoms with Crippen molar-refractivity contribution in [2.24, 2.45) is 0 Å². The van der Waals surface area contributed by atoms with Crippen LogP contribution in [0.3, 0.4) is 0 Å². The molecule has 0 bridgehead atoms. The smallest absolute Gasteiger partial charge is 0.0662 e. The maximum atomic E-state index is 7.62. The normalized spacial score (nSPS) is 4.75. The summed E-state index contributed by atoms with van der Waals surface area (Å²) in [5.41, 5.74) is 0. The Labute approximate surface area is 60.2 Å². The molecule has 0 aliphatic heterocycles. The summed E-state index contributed by atoms with van der Waals surface area (Å²) in [4.78, 5) is 0. The zero-order valence-electron chi connectivity index (χ0n) is 4.54. The number of rotatable bonds is 1. The van der Waals surface area contributed by atoms with Gasteiger partial charge in [0.1, 0.15) is 0 Å². The van der Waals surface area contributed by atoms with Crippen LogP contribution in [0, 0.1) is 0 Å². The van der Waals surface area contributed by atoms with Gasteiger partial charge < -0.3 is 10.2 Å². The summed E-state index contributed by atoms with van der Waals surface area (Å²) in [6.45, 7) is -0.250. The maximum Gasteiger partial charge on any atom is 0.0662 e. The predicted molar refractivity (Wildman–Crippen MR) is 43.6 cm³/mol. The molecule has 0 aromatic rings. The molecule has 50 valence electrons. The summed E-state index contributed by atoms with van der Waals surface area (Å²) in [6, 6.07) is 0. The van der Waals surface area contributed by atoms with Crippen LogP contribution in [0.2, 0.25) is 0 Å². The van der Waals surface area contributed by atoms with Crippen molar-refractivity contribution in [3.63, 3.8) is 0 Å². The second-order valence-electron chi connectivity index (χ2n) is 0.447. The number of aliphatic hydroxyl groups excluding tert-OH is 2. The minimum Gasteiger partial charge on any atom is -0.394 e. The maximum absolute atomic E-state index is 7.62. The van der Waals surface area contributed by atoms with Gasteiger partial charge in [-0.1, -0.05) is 24.4 Å². The van der Waals surface area contributed by atoms with E-state index in [9.17, 15) is 0 Å². The second-order valence-corrected chi connectivity index (χ2v) is 0.447. The summed E-state index contributed by atoms with van der Waals surface area (Å²) in [5, 5.41) is 15.2. The molecule has 8 heavy (non-hydrogen) atoms. The van der Waals surface area contributed by atoms with Crippen LogP contribution in [0.1, 0.15) is 0 Å². The number of hydrogen-bond donors (Lipinski definition) is 2. The summed E-state index contributed by atoms with van der Waals surface area (Å²) in [6.07, 6.45) is 0. The third-order valence-electron chi connectivity index (χ3n) is 0.1000. The number of thiocarbonyl (C=S) groups is 2. The molecule has 0 aliphatic carbocycles. The molecule has 4 heteroatoms. The predicted octanol–water partition coefficient (Wildman–Crippen LogP) is 0.203. The summed E-state index contributed by atoms with van der Waals surface area (Å²) in [5.74, 6) is 5.67. The molecule has 0 spiro atoms. The monoisotopic (exact) mass is 154 g/mol. The van der Waals surface area contributed by atoms with Crippen molar-refractivity contribution < 1.29 is 10.2 Å². The van der Waals surface area contributed by atoms with Crippen molar-refractivity contribution in [1.29, 1.82) is 0 Å². The van der Waals surface area contributed by atoms with E-state index in [1.807, 2.05) is 0 Å². The molecule has 0 aromatic heterocycles. The summed E-state index contributed by atoms with van der Waals surface area (Å²) < 4.78 is 0. The van der Waals surface area contributed by atoms with Crippen LogP contribution in [-0.2, 0) is 0 Å². The number of hydrogen-bond acceptors (Lipinski definition) is 4. The largest absolute Gasteiger partial charge is 0.394 e. The van der Waals surface area contributed by atoms with Gasteiger partial charge in [0.25, 0.3) is 0 Å². The molecule has 0 unspecified atom stereocenters. The molecule has 0 aromatic carbocycles. The van der Waals surface area contributed by atoms with E-state index >= 15 is 0 Å². The molecule has 0 aliphatic rings. The van der Waals surface area contributed by atoms with Crippen molar-refractivity contribution in [2.75, 3.05) is 13.2 Å². The topological polar surface area (TPSA) is 40.5 Å².